The normalized spacial score (nSPS) is 17.9. The van der Waals surface area contributed by atoms with E-state index in [1.54, 1.807) is 0 Å². The molecule has 0 spiro atoms. The summed E-state index contributed by atoms with van der Waals surface area (Å²) in [5, 5.41) is 0.440. The highest BCUT2D eigenvalue weighted by atomic mass is 28.4. The molecule has 0 saturated heterocycles. The van der Waals surface area contributed by atoms with E-state index in [2.05, 4.69) is 115 Å². The summed E-state index contributed by atoms with van der Waals surface area (Å²) in [5.74, 6) is 0.657. The molecule has 0 saturated carbocycles. The quantitative estimate of drug-likeness (QED) is 0.144. The zero-order valence-electron chi connectivity index (χ0n) is 28.1. The van der Waals surface area contributed by atoms with Crippen LogP contribution in [0.3, 0.4) is 0 Å². The Morgan fingerprint density at radius 1 is 0.676 bits per heavy atom. The van der Waals surface area contributed by atoms with Crippen LogP contribution in [0.15, 0.2) is 0 Å². The summed E-state index contributed by atoms with van der Waals surface area (Å²) in [5.41, 5.74) is 0. The minimum atomic E-state index is -2.03. The summed E-state index contributed by atoms with van der Waals surface area (Å²) in [6.07, 6.45) is 4.57. The van der Waals surface area contributed by atoms with Crippen LogP contribution >= 0.6 is 0 Å². The monoisotopic (exact) mass is 574 g/mol. The van der Waals surface area contributed by atoms with Gasteiger partial charge in [-0.2, -0.15) is 0 Å². The molecule has 4 atom stereocenters. The van der Waals surface area contributed by atoms with Crippen molar-refractivity contribution in [2.75, 3.05) is 6.61 Å². The summed E-state index contributed by atoms with van der Waals surface area (Å²) in [6.45, 7) is 39.9. The number of aldehydes is 1. The van der Waals surface area contributed by atoms with E-state index < -0.39 is 25.0 Å². The van der Waals surface area contributed by atoms with Crippen LogP contribution in [0.2, 0.25) is 54.4 Å². The van der Waals surface area contributed by atoms with Crippen molar-refractivity contribution in [3.63, 3.8) is 0 Å². The van der Waals surface area contributed by atoms with E-state index in [9.17, 15) is 4.79 Å². The fourth-order valence-corrected chi connectivity index (χ4v) is 7.54. The number of carbonyl (C=O) groups excluding carboxylic acids is 1. The van der Waals surface area contributed by atoms with E-state index >= 15 is 0 Å². The Bertz CT molecular complexity index is 684. The molecule has 4 nitrogen and oxygen atoms in total. The summed E-state index contributed by atoms with van der Waals surface area (Å²) in [7, 11) is -5.82. The Morgan fingerprint density at radius 2 is 1.08 bits per heavy atom. The van der Waals surface area contributed by atoms with E-state index in [-0.39, 0.29) is 33.2 Å². The molecule has 7 heteroatoms. The van der Waals surface area contributed by atoms with Crippen molar-refractivity contribution in [2.24, 2.45) is 11.8 Å². The molecule has 0 aromatic heterocycles. The SMILES string of the molecule is CC[C@H](CC[C@H](O[Si](C)(C)C(C)(C)C)[C@@H](C)[C@H](CC=O)O[Si](C)(C)C(C)(C)C)CO[Si](C)(C)C(C)(C)C. The average Bonchev–Trinajstić information content (AvgIpc) is 2.69. The molecule has 37 heavy (non-hydrogen) atoms. The third kappa shape index (κ3) is 11.3. The van der Waals surface area contributed by atoms with E-state index in [4.69, 9.17) is 13.3 Å². The van der Waals surface area contributed by atoms with Crippen molar-refractivity contribution in [1.29, 1.82) is 0 Å². The van der Waals surface area contributed by atoms with Gasteiger partial charge < -0.3 is 18.1 Å². The van der Waals surface area contributed by atoms with Gasteiger partial charge in [0.15, 0.2) is 25.0 Å². The second kappa shape index (κ2) is 13.7. The Hall–Kier alpha value is 0.201. The molecule has 0 aliphatic carbocycles. The zero-order chi connectivity index (χ0) is 29.7. The highest BCUT2D eigenvalue weighted by Gasteiger charge is 2.44. The summed E-state index contributed by atoms with van der Waals surface area (Å²) in [6, 6.07) is 0. The highest BCUT2D eigenvalue weighted by molar-refractivity contribution is 6.75. The van der Waals surface area contributed by atoms with Crippen LogP contribution in [0.5, 0.6) is 0 Å². The van der Waals surface area contributed by atoms with Crippen LogP contribution in [-0.4, -0.2) is 50.1 Å². The summed E-state index contributed by atoms with van der Waals surface area (Å²) < 4.78 is 20.6. The lowest BCUT2D eigenvalue weighted by Crippen LogP contribution is -2.50. The average molecular weight is 575 g/mol. The van der Waals surface area contributed by atoms with Gasteiger partial charge in [0.2, 0.25) is 0 Å². The Morgan fingerprint density at radius 3 is 1.43 bits per heavy atom. The van der Waals surface area contributed by atoms with Crippen LogP contribution in [0.4, 0.5) is 0 Å². The first kappa shape index (κ1) is 37.2. The van der Waals surface area contributed by atoms with Crippen molar-refractivity contribution in [2.45, 2.75) is 168 Å². The smallest absolute Gasteiger partial charge is 0.192 e. The van der Waals surface area contributed by atoms with Gasteiger partial charge in [0, 0.05) is 18.9 Å². The van der Waals surface area contributed by atoms with Gasteiger partial charge >= 0.3 is 0 Å². The lowest BCUT2D eigenvalue weighted by atomic mass is 9.90. The van der Waals surface area contributed by atoms with E-state index in [0.29, 0.717) is 12.3 Å². The lowest BCUT2D eigenvalue weighted by molar-refractivity contribution is -0.110. The fourth-order valence-electron chi connectivity index (χ4n) is 3.59. The molecular formula is C30H66O4Si3. The molecule has 0 amide bonds. The third-order valence-electron chi connectivity index (χ3n) is 9.93. The van der Waals surface area contributed by atoms with Gasteiger partial charge in [-0.25, -0.2) is 0 Å². The van der Waals surface area contributed by atoms with Crippen LogP contribution in [0.1, 0.15) is 102 Å². The van der Waals surface area contributed by atoms with Crippen LogP contribution < -0.4 is 0 Å². The number of hydrogen-bond donors (Lipinski definition) is 0. The molecule has 0 aromatic carbocycles. The second-order valence-corrected chi connectivity index (χ2v) is 30.3. The molecule has 0 bridgehead atoms. The molecule has 0 rings (SSSR count). The van der Waals surface area contributed by atoms with Gasteiger partial charge in [-0.05, 0) is 73.2 Å². The highest BCUT2D eigenvalue weighted by Crippen LogP contribution is 2.42. The van der Waals surface area contributed by atoms with Crippen LogP contribution in [0, 0.1) is 11.8 Å². The summed E-state index contributed by atoms with van der Waals surface area (Å²) >= 11 is 0. The number of carbonyl (C=O) groups is 1. The van der Waals surface area contributed by atoms with Crippen LogP contribution in [0.25, 0.3) is 0 Å². The lowest BCUT2D eigenvalue weighted by Gasteiger charge is -2.45. The van der Waals surface area contributed by atoms with E-state index in [1.165, 1.54) is 0 Å². The van der Waals surface area contributed by atoms with Gasteiger partial charge in [0.1, 0.15) is 6.29 Å². The van der Waals surface area contributed by atoms with Crippen molar-refractivity contribution in [1.82, 2.24) is 0 Å². The predicted octanol–water partition coefficient (Wildman–Crippen LogP) is 9.82. The van der Waals surface area contributed by atoms with Crippen molar-refractivity contribution in [3.8, 4) is 0 Å². The molecule has 0 aromatic rings. The number of hydrogen-bond acceptors (Lipinski definition) is 4. The molecule has 0 N–H and O–H groups in total. The van der Waals surface area contributed by atoms with Gasteiger partial charge in [-0.15, -0.1) is 0 Å². The minimum absolute atomic E-state index is 0.0672. The standard InChI is InChI=1S/C30H66O4Si3/c1-18-25(23-32-35(12,13)28(3,4)5)19-20-26(33-36(14,15)29(6,7)8)24(2)27(21-22-31)34-37(16,17)30(9,10)11/h22,24-27H,18-21,23H2,1-17H3/t24-,25-,26+,27+/m1/s1. The Balaban J connectivity index is 5.93. The second-order valence-electron chi connectivity index (χ2n) is 16.0. The van der Waals surface area contributed by atoms with Crippen molar-refractivity contribution in [3.05, 3.63) is 0 Å². The van der Waals surface area contributed by atoms with Crippen molar-refractivity contribution >= 4 is 31.2 Å². The first-order valence-corrected chi connectivity index (χ1v) is 23.5. The molecular weight excluding hydrogens is 509 g/mol. The topological polar surface area (TPSA) is 44.8 Å². The minimum Gasteiger partial charge on any atom is -0.417 e. The maximum atomic E-state index is 11.8. The van der Waals surface area contributed by atoms with E-state index in [0.717, 1.165) is 32.2 Å². The van der Waals surface area contributed by atoms with Gasteiger partial charge in [0.05, 0.1) is 12.2 Å². The Kier molecular flexibility index (Phi) is 13.8. The fraction of sp³-hybridized carbons (Fsp3) is 0.967. The third-order valence-corrected chi connectivity index (χ3v) is 23.4. The van der Waals surface area contributed by atoms with Gasteiger partial charge in [-0.1, -0.05) is 82.6 Å². The predicted molar refractivity (Wildman–Crippen MR) is 170 cm³/mol. The summed E-state index contributed by atoms with van der Waals surface area (Å²) in [4.78, 5) is 11.8. The molecule has 0 unspecified atom stereocenters. The molecule has 0 aliphatic heterocycles. The zero-order valence-corrected chi connectivity index (χ0v) is 31.1. The van der Waals surface area contributed by atoms with E-state index in [1.807, 2.05) is 0 Å². The molecule has 0 radical (unpaired) electrons. The molecule has 0 fully saturated rings. The van der Waals surface area contributed by atoms with Crippen molar-refractivity contribution < 1.29 is 18.1 Å². The first-order valence-electron chi connectivity index (χ1n) is 14.8. The van der Waals surface area contributed by atoms with Gasteiger partial charge in [-0.3, -0.25) is 0 Å². The molecule has 0 heterocycles. The maximum Gasteiger partial charge on any atom is 0.192 e. The molecule has 222 valence electrons. The largest absolute Gasteiger partial charge is 0.417 e. The first-order chi connectivity index (χ1) is 16.3. The van der Waals surface area contributed by atoms with Gasteiger partial charge in [0.25, 0.3) is 0 Å². The van der Waals surface area contributed by atoms with Crippen LogP contribution in [-0.2, 0) is 18.1 Å². The molecule has 0 aliphatic rings. The maximum absolute atomic E-state index is 11.8. The number of rotatable bonds is 15. The Labute approximate surface area is 235 Å².